The second kappa shape index (κ2) is 7.84. The Morgan fingerprint density at radius 1 is 1.23 bits per heavy atom. The predicted octanol–water partition coefficient (Wildman–Crippen LogP) is 1.99. The molecule has 2 fully saturated rings. The highest BCUT2D eigenvalue weighted by molar-refractivity contribution is 5.84. The number of hydrogen-bond acceptors (Lipinski definition) is 2. The number of hydrogen-bond donors (Lipinski definition) is 2. The van der Waals surface area contributed by atoms with Crippen molar-refractivity contribution in [3.8, 4) is 0 Å². The highest BCUT2D eigenvalue weighted by Gasteiger charge is 2.42. The summed E-state index contributed by atoms with van der Waals surface area (Å²) in [5.41, 5.74) is -0.275. The standard InChI is InChI=1S/C17H32N4O/c1-4-18-16(19-12-9-14-7-8-14)20-13-17(10-5-6-11-17)15(22)21(2)3/h14H,4-13H2,1-3H3,(H2,18,19,20). The highest BCUT2D eigenvalue weighted by atomic mass is 16.2. The number of carbonyl (C=O) groups is 1. The van der Waals surface area contributed by atoms with E-state index in [2.05, 4.69) is 17.6 Å². The van der Waals surface area contributed by atoms with Crippen LogP contribution in [0, 0.1) is 11.3 Å². The van der Waals surface area contributed by atoms with Gasteiger partial charge in [0.15, 0.2) is 5.96 Å². The van der Waals surface area contributed by atoms with Crippen molar-refractivity contribution in [2.45, 2.75) is 51.9 Å². The first-order valence-corrected chi connectivity index (χ1v) is 8.81. The van der Waals surface area contributed by atoms with Gasteiger partial charge in [0.05, 0.1) is 12.0 Å². The molecule has 2 rings (SSSR count). The van der Waals surface area contributed by atoms with Gasteiger partial charge in [-0.25, -0.2) is 0 Å². The number of amides is 1. The Hall–Kier alpha value is -1.26. The molecule has 5 heteroatoms. The normalized spacial score (nSPS) is 20.8. The molecule has 5 nitrogen and oxygen atoms in total. The van der Waals surface area contributed by atoms with Gasteiger partial charge in [-0.15, -0.1) is 0 Å². The monoisotopic (exact) mass is 308 g/mol. The van der Waals surface area contributed by atoms with E-state index in [1.54, 1.807) is 4.90 Å². The van der Waals surface area contributed by atoms with Crippen LogP contribution in [0.25, 0.3) is 0 Å². The van der Waals surface area contributed by atoms with Crippen molar-refractivity contribution in [2.75, 3.05) is 33.7 Å². The van der Waals surface area contributed by atoms with Crippen LogP contribution in [0.15, 0.2) is 4.99 Å². The molecule has 0 aliphatic heterocycles. The van der Waals surface area contributed by atoms with E-state index >= 15 is 0 Å². The van der Waals surface area contributed by atoms with Gasteiger partial charge in [0.25, 0.3) is 0 Å². The number of guanidine groups is 1. The summed E-state index contributed by atoms with van der Waals surface area (Å²) >= 11 is 0. The molecule has 0 spiro atoms. The maximum absolute atomic E-state index is 12.6. The van der Waals surface area contributed by atoms with E-state index in [-0.39, 0.29) is 11.3 Å². The first kappa shape index (κ1) is 17.1. The smallest absolute Gasteiger partial charge is 0.230 e. The third kappa shape index (κ3) is 4.62. The van der Waals surface area contributed by atoms with E-state index in [0.717, 1.165) is 50.7 Å². The molecule has 0 atom stereocenters. The zero-order valence-electron chi connectivity index (χ0n) is 14.5. The fraction of sp³-hybridized carbons (Fsp3) is 0.882. The molecule has 2 aliphatic rings. The lowest BCUT2D eigenvalue weighted by Gasteiger charge is -2.29. The second-order valence-corrected chi connectivity index (χ2v) is 7.04. The Morgan fingerprint density at radius 3 is 2.45 bits per heavy atom. The van der Waals surface area contributed by atoms with Crippen LogP contribution in [0.3, 0.4) is 0 Å². The van der Waals surface area contributed by atoms with Crippen molar-refractivity contribution in [3.63, 3.8) is 0 Å². The molecule has 2 N–H and O–H groups in total. The average molecular weight is 308 g/mol. The average Bonchev–Trinajstić information content (AvgIpc) is 3.20. The minimum Gasteiger partial charge on any atom is -0.357 e. The highest BCUT2D eigenvalue weighted by Crippen LogP contribution is 2.39. The number of rotatable bonds is 7. The fourth-order valence-corrected chi connectivity index (χ4v) is 3.34. The Balaban J connectivity index is 1.94. The van der Waals surface area contributed by atoms with Crippen molar-refractivity contribution in [1.29, 1.82) is 0 Å². The van der Waals surface area contributed by atoms with E-state index in [1.807, 2.05) is 14.1 Å². The summed E-state index contributed by atoms with van der Waals surface area (Å²) in [6.45, 7) is 4.51. The molecule has 22 heavy (non-hydrogen) atoms. The van der Waals surface area contributed by atoms with Gasteiger partial charge in [-0.3, -0.25) is 9.79 Å². The quantitative estimate of drug-likeness (QED) is 0.558. The lowest BCUT2D eigenvalue weighted by Crippen LogP contribution is -2.43. The number of carbonyl (C=O) groups excluding carboxylic acids is 1. The molecular formula is C17H32N4O. The summed E-state index contributed by atoms with van der Waals surface area (Å²) in [7, 11) is 3.70. The first-order valence-electron chi connectivity index (χ1n) is 8.81. The molecule has 2 aliphatic carbocycles. The SMILES string of the molecule is CCNC(=NCC1(C(=O)N(C)C)CCCC1)NCCC1CC1. The predicted molar refractivity (Wildman–Crippen MR) is 90.9 cm³/mol. The Morgan fingerprint density at radius 2 is 1.91 bits per heavy atom. The largest absolute Gasteiger partial charge is 0.357 e. The van der Waals surface area contributed by atoms with Gasteiger partial charge in [-0.1, -0.05) is 25.7 Å². The topological polar surface area (TPSA) is 56.7 Å². The Kier molecular flexibility index (Phi) is 6.09. The van der Waals surface area contributed by atoms with Crippen molar-refractivity contribution < 1.29 is 4.79 Å². The molecule has 2 saturated carbocycles. The molecule has 1 amide bonds. The molecule has 0 aromatic carbocycles. The van der Waals surface area contributed by atoms with Crippen LogP contribution in [0.4, 0.5) is 0 Å². The minimum atomic E-state index is -0.275. The van der Waals surface area contributed by atoms with E-state index < -0.39 is 0 Å². The van der Waals surface area contributed by atoms with Gasteiger partial charge in [-0.05, 0) is 32.1 Å². The van der Waals surface area contributed by atoms with Gasteiger partial charge in [0.1, 0.15) is 0 Å². The molecule has 0 radical (unpaired) electrons. The van der Waals surface area contributed by atoms with Crippen LogP contribution >= 0.6 is 0 Å². The van der Waals surface area contributed by atoms with Crippen LogP contribution in [-0.2, 0) is 4.79 Å². The summed E-state index contributed by atoms with van der Waals surface area (Å²) in [6.07, 6.45) is 8.21. The summed E-state index contributed by atoms with van der Waals surface area (Å²) in [5.74, 6) is 2.02. The Bertz CT molecular complexity index is 395. The number of aliphatic imine (C=N–C) groups is 1. The van der Waals surface area contributed by atoms with Gasteiger partial charge in [0.2, 0.25) is 5.91 Å². The molecular weight excluding hydrogens is 276 g/mol. The van der Waals surface area contributed by atoms with Crippen LogP contribution in [0.1, 0.15) is 51.9 Å². The molecule has 0 heterocycles. The van der Waals surface area contributed by atoms with Gasteiger partial charge in [0, 0.05) is 27.2 Å². The van der Waals surface area contributed by atoms with Crippen molar-refractivity contribution in [2.24, 2.45) is 16.3 Å². The van der Waals surface area contributed by atoms with Crippen molar-refractivity contribution in [1.82, 2.24) is 15.5 Å². The summed E-state index contributed by atoms with van der Waals surface area (Å²) in [5, 5.41) is 6.72. The molecule has 0 aromatic heterocycles. The van der Waals surface area contributed by atoms with Gasteiger partial charge < -0.3 is 15.5 Å². The molecule has 0 saturated heterocycles. The summed E-state index contributed by atoms with van der Waals surface area (Å²) < 4.78 is 0. The van der Waals surface area contributed by atoms with E-state index in [1.165, 1.54) is 19.3 Å². The first-order chi connectivity index (χ1) is 10.6. The van der Waals surface area contributed by atoms with Crippen LogP contribution in [0.2, 0.25) is 0 Å². The van der Waals surface area contributed by atoms with E-state index in [4.69, 9.17) is 4.99 Å². The number of nitrogens with zero attached hydrogens (tertiary/aromatic N) is 2. The third-order valence-electron chi connectivity index (χ3n) is 4.85. The van der Waals surface area contributed by atoms with Crippen LogP contribution in [0.5, 0.6) is 0 Å². The maximum Gasteiger partial charge on any atom is 0.230 e. The lowest BCUT2D eigenvalue weighted by molar-refractivity contribution is -0.138. The molecule has 0 bridgehead atoms. The zero-order chi connectivity index (χ0) is 16.0. The summed E-state index contributed by atoms with van der Waals surface area (Å²) in [4.78, 5) is 19.0. The van der Waals surface area contributed by atoms with Crippen molar-refractivity contribution in [3.05, 3.63) is 0 Å². The van der Waals surface area contributed by atoms with Crippen LogP contribution in [-0.4, -0.2) is 50.5 Å². The second-order valence-electron chi connectivity index (χ2n) is 7.04. The minimum absolute atomic E-state index is 0.238. The number of nitrogens with one attached hydrogen (secondary N) is 2. The van der Waals surface area contributed by atoms with E-state index in [9.17, 15) is 4.79 Å². The fourth-order valence-electron chi connectivity index (χ4n) is 3.34. The maximum atomic E-state index is 12.6. The third-order valence-corrected chi connectivity index (χ3v) is 4.85. The molecule has 126 valence electrons. The van der Waals surface area contributed by atoms with Crippen molar-refractivity contribution >= 4 is 11.9 Å². The molecule has 0 unspecified atom stereocenters. The van der Waals surface area contributed by atoms with E-state index in [0.29, 0.717) is 6.54 Å². The lowest BCUT2D eigenvalue weighted by atomic mass is 9.85. The van der Waals surface area contributed by atoms with Gasteiger partial charge in [-0.2, -0.15) is 0 Å². The molecule has 0 aromatic rings. The zero-order valence-corrected chi connectivity index (χ0v) is 14.5. The van der Waals surface area contributed by atoms with Crippen LogP contribution < -0.4 is 10.6 Å². The summed E-state index contributed by atoms with van der Waals surface area (Å²) in [6, 6.07) is 0. The van der Waals surface area contributed by atoms with Gasteiger partial charge >= 0.3 is 0 Å². The Labute approximate surface area is 134 Å².